The molecule has 2 aliphatic rings. The average molecular weight is 304 g/mol. The van der Waals surface area contributed by atoms with E-state index in [9.17, 15) is 9.59 Å². The Morgan fingerprint density at radius 3 is 2.59 bits per heavy atom. The van der Waals surface area contributed by atoms with Gasteiger partial charge < -0.3 is 20.4 Å². The number of aromatic nitrogens is 2. The lowest BCUT2D eigenvalue weighted by molar-refractivity contribution is -0.129. The fourth-order valence-electron chi connectivity index (χ4n) is 2.84. The van der Waals surface area contributed by atoms with Crippen molar-refractivity contribution in [3.8, 4) is 0 Å². The summed E-state index contributed by atoms with van der Waals surface area (Å²) in [4.78, 5) is 37.4. The van der Waals surface area contributed by atoms with Crippen molar-refractivity contribution in [2.24, 2.45) is 11.7 Å². The highest BCUT2D eigenvalue weighted by atomic mass is 16.2. The van der Waals surface area contributed by atoms with Crippen LogP contribution in [-0.2, 0) is 9.59 Å². The molecule has 2 amide bonds. The van der Waals surface area contributed by atoms with E-state index in [0.717, 1.165) is 31.1 Å². The summed E-state index contributed by atoms with van der Waals surface area (Å²) in [5.74, 6) is 1.22. The lowest BCUT2D eigenvalue weighted by Gasteiger charge is -2.33. The minimum Gasteiger partial charge on any atom is -0.369 e. The van der Waals surface area contributed by atoms with Gasteiger partial charge in [-0.25, -0.2) is 9.97 Å². The fourth-order valence-corrected chi connectivity index (χ4v) is 2.84. The summed E-state index contributed by atoms with van der Waals surface area (Å²) in [6, 6.07) is 1.88. The molecule has 118 valence electrons. The molecule has 8 nitrogen and oxygen atoms in total. The number of likely N-dealkylation sites (N-methyl/N-ethyl adjacent to an activating group) is 1. The third kappa shape index (κ3) is 2.81. The van der Waals surface area contributed by atoms with Gasteiger partial charge in [-0.1, -0.05) is 0 Å². The number of primary amides is 1. The second-order valence-electron chi connectivity index (χ2n) is 5.81. The predicted molar refractivity (Wildman–Crippen MR) is 81.4 cm³/mol. The zero-order chi connectivity index (χ0) is 15.7. The Labute approximate surface area is 128 Å². The summed E-state index contributed by atoms with van der Waals surface area (Å²) in [5.41, 5.74) is 5.36. The van der Waals surface area contributed by atoms with Crippen molar-refractivity contribution in [2.75, 3.05) is 49.6 Å². The van der Waals surface area contributed by atoms with E-state index in [-0.39, 0.29) is 17.7 Å². The Kier molecular flexibility index (Phi) is 3.82. The van der Waals surface area contributed by atoms with Crippen molar-refractivity contribution in [2.45, 2.75) is 6.42 Å². The standard InChI is InChI=1S/C14H20N6O2/c1-18-4-5-20(8-13(18)21)12-6-11(16-9-17-12)19-3-2-10(7-19)14(15)22/h6,9-10H,2-5,7-8H2,1H3,(H2,15,22). The average Bonchev–Trinajstić information content (AvgIpc) is 3.00. The minimum absolute atomic E-state index is 0.0846. The third-order valence-corrected chi connectivity index (χ3v) is 4.33. The first-order valence-electron chi connectivity index (χ1n) is 7.40. The van der Waals surface area contributed by atoms with Gasteiger partial charge in [0.15, 0.2) is 0 Å². The van der Waals surface area contributed by atoms with Gasteiger partial charge in [0.25, 0.3) is 0 Å². The van der Waals surface area contributed by atoms with Crippen molar-refractivity contribution in [1.29, 1.82) is 0 Å². The van der Waals surface area contributed by atoms with Gasteiger partial charge in [-0.3, -0.25) is 9.59 Å². The van der Waals surface area contributed by atoms with Gasteiger partial charge in [-0.2, -0.15) is 0 Å². The number of carbonyl (C=O) groups is 2. The van der Waals surface area contributed by atoms with Crippen LogP contribution in [0.5, 0.6) is 0 Å². The van der Waals surface area contributed by atoms with Crippen LogP contribution in [0.25, 0.3) is 0 Å². The molecule has 2 saturated heterocycles. The number of hydrogen-bond donors (Lipinski definition) is 1. The molecular weight excluding hydrogens is 284 g/mol. The Bertz CT molecular complexity index is 592. The molecule has 22 heavy (non-hydrogen) atoms. The minimum atomic E-state index is -0.263. The van der Waals surface area contributed by atoms with E-state index in [1.807, 2.05) is 15.9 Å². The molecule has 1 atom stereocenters. The van der Waals surface area contributed by atoms with Gasteiger partial charge >= 0.3 is 0 Å². The summed E-state index contributed by atoms with van der Waals surface area (Å²) in [6.07, 6.45) is 2.26. The number of nitrogens with zero attached hydrogens (tertiary/aromatic N) is 5. The second kappa shape index (κ2) is 5.78. The van der Waals surface area contributed by atoms with E-state index in [0.29, 0.717) is 19.6 Å². The molecule has 0 bridgehead atoms. The Balaban J connectivity index is 1.73. The van der Waals surface area contributed by atoms with E-state index in [1.54, 1.807) is 11.9 Å². The molecule has 0 aliphatic carbocycles. The molecule has 2 N–H and O–H groups in total. The topological polar surface area (TPSA) is 95.7 Å². The van der Waals surface area contributed by atoms with Crippen LogP contribution in [0.1, 0.15) is 6.42 Å². The zero-order valence-electron chi connectivity index (χ0n) is 12.6. The quantitative estimate of drug-likeness (QED) is 0.775. The number of nitrogens with two attached hydrogens (primary N) is 1. The number of amides is 2. The van der Waals surface area contributed by atoms with E-state index in [1.165, 1.54) is 6.33 Å². The van der Waals surface area contributed by atoms with Crippen LogP contribution in [0.4, 0.5) is 11.6 Å². The number of rotatable bonds is 3. The van der Waals surface area contributed by atoms with E-state index in [2.05, 4.69) is 9.97 Å². The van der Waals surface area contributed by atoms with Crippen LogP contribution in [0.15, 0.2) is 12.4 Å². The summed E-state index contributed by atoms with van der Waals surface area (Å²) >= 11 is 0. The van der Waals surface area contributed by atoms with Gasteiger partial charge in [-0.15, -0.1) is 0 Å². The van der Waals surface area contributed by atoms with E-state index < -0.39 is 0 Å². The fraction of sp³-hybridized carbons (Fsp3) is 0.571. The molecule has 3 heterocycles. The van der Waals surface area contributed by atoms with Crippen LogP contribution < -0.4 is 15.5 Å². The Morgan fingerprint density at radius 2 is 1.95 bits per heavy atom. The van der Waals surface area contributed by atoms with Crippen LogP contribution in [0.3, 0.4) is 0 Å². The predicted octanol–water partition coefficient (Wildman–Crippen LogP) is -0.933. The first-order chi connectivity index (χ1) is 10.5. The molecule has 1 aromatic heterocycles. The van der Waals surface area contributed by atoms with Crippen molar-refractivity contribution >= 4 is 23.5 Å². The van der Waals surface area contributed by atoms with Crippen LogP contribution >= 0.6 is 0 Å². The molecule has 1 unspecified atom stereocenters. The summed E-state index contributed by atoms with van der Waals surface area (Å²) in [6.45, 7) is 3.12. The second-order valence-corrected chi connectivity index (χ2v) is 5.81. The molecule has 3 rings (SSSR count). The van der Waals surface area contributed by atoms with Crippen molar-refractivity contribution < 1.29 is 9.59 Å². The maximum atomic E-state index is 11.8. The lowest BCUT2D eigenvalue weighted by atomic mass is 10.1. The molecule has 0 saturated carbocycles. The van der Waals surface area contributed by atoms with Crippen LogP contribution in [-0.4, -0.2) is 66.5 Å². The molecule has 2 fully saturated rings. The molecule has 2 aliphatic heterocycles. The van der Waals surface area contributed by atoms with Crippen molar-refractivity contribution in [1.82, 2.24) is 14.9 Å². The molecule has 0 radical (unpaired) electrons. The highest BCUT2D eigenvalue weighted by Gasteiger charge is 2.28. The van der Waals surface area contributed by atoms with Crippen molar-refractivity contribution in [3.05, 3.63) is 12.4 Å². The highest BCUT2D eigenvalue weighted by Crippen LogP contribution is 2.24. The number of piperazine rings is 1. The monoisotopic (exact) mass is 304 g/mol. The number of hydrogen-bond acceptors (Lipinski definition) is 6. The lowest BCUT2D eigenvalue weighted by Crippen LogP contribution is -2.48. The molecule has 1 aromatic rings. The van der Waals surface area contributed by atoms with Crippen LogP contribution in [0, 0.1) is 5.92 Å². The normalized spacial score (nSPS) is 22.3. The van der Waals surface area contributed by atoms with E-state index >= 15 is 0 Å². The van der Waals surface area contributed by atoms with Crippen molar-refractivity contribution in [3.63, 3.8) is 0 Å². The first-order valence-corrected chi connectivity index (χ1v) is 7.40. The SMILES string of the molecule is CN1CCN(c2cc(N3CCC(C(N)=O)C3)ncn2)CC1=O. The van der Waals surface area contributed by atoms with Gasteiger partial charge in [-0.05, 0) is 6.42 Å². The summed E-state index contributed by atoms with van der Waals surface area (Å²) < 4.78 is 0. The first kappa shape index (κ1) is 14.6. The molecular formula is C14H20N6O2. The van der Waals surface area contributed by atoms with Gasteiger partial charge in [0.2, 0.25) is 11.8 Å². The maximum absolute atomic E-state index is 11.8. The van der Waals surface area contributed by atoms with Gasteiger partial charge in [0.1, 0.15) is 18.0 Å². The summed E-state index contributed by atoms with van der Waals surface area (Å²) in [5, 5.41) is 0. The van der Waals surface area contributed by atoms with Crippen LogP contribution in [0.2, 0.25) is 0 Å². The molecule has 8 heteroatoms. The van der Waals surface area contributed by atoms with Gasteiger partial charge in [0.05, 0.1) is 12.5 Å². The summed E-state index contributed by atoms with van der Waals surface area (Å²) in [7, 11) is 1.80. The number of carbonyl (C=O) groups excluding carboxylic acids is 2. The Morgan fingerprint density at radius 1 is 1.23 bits per heavy atom. The Hall–Kier alpha value is -2.38. The number of anilines is 2. The maximum Gasteiger partial charge on any atom is 0.241 e. The molecule has 0 aromatic carbocycles. The van der Waals surface area contributed by atoms with E-state index in [4.69, 9.17) is 5.73 Å². The third-order valence-electron chi connectivity index (χ3n) is 4.33. The zero-order valence-corrected chi connectivity index (χ0v) is 12.6. The van der Waals surface area contributed by atoms with Gasteiger partial charge in [0, 0.05) is 39.3 Å². The highest BCUT2D eigenvalue weighted by molar-refractivity contribution is 5.82. The largest absolute Gasteiger partial charge is 0.369 e. The molecule has 0 spiro atoms. The smallest absolute Gasteiger partial charge is 0.241 e.